The lowest BCUT2D eigenvalue weighted by Gasteiger charge is -2.13. The fourth-order valence-corrected chi connectivity index (χ4v) is 2.91. The van der Waals surface area contributed by atoms with Crippen molar-refractivity contribution in [2.24, 2.45) is 11.7 Å². The minimum absolute atomic E-state index is 0.0732. The van der Waals surface area contributed by atoms with Gasteiger partial charge in [0.1, 0.15) is 5.82 Å². The van der Waals surface area contributed by atoms with E-state index in [0.29, 0.717) is 35.7 Å². The molecule has 2 atom stereocenters. The van der Waals surface area contributed by atoms with Crippen molar-refractivity contribution < 1.29 is 14.3 Å². The lowest BCUT2D eigenvalue weighted by molar-refractivity contribution is -0.116. The number of amides is 2. The van der Waals surface area contributed by atoms with E-state index in [1.165, 1.54) is 7.11 Å². The monoisotopic (exact) mass is 369 g/mol. The van der Waals surface area contributed by atoms with Gasteiger partial charge < -0.3 is 20.8 Å². The molecule has 142 valence electrons. The molecular formula is C19H23N5O3. The van der Waals surface area contributed by atoms with Crippen molar-refractivity contribution in [3.63, 3.8) is 0 Å². The van der Waals surface area contributed by atoms with Crippen molar-refractivity contribution in [1.82, 2.24) is 9.97 Å². The smallest absolute Gasteiger partial charge is 0.411 e. The number of carbonyl (C=O) groups is 2. The molecule has 0 saturated heterocycles. The first kappa shape index (κ1) is 18.7. The van der Waals surface area contributed by atoms with Gasteiger partial charge in [-0.25, -0.2) is 9.78 Å². The first-order valence-electron chi connectivity index (χ1n) is 8.73. The number of ether oxygens (including phenoxy) is 1. The summed E-state index contributed by atoms with van der Waals surface area (Å²) in [4.78, 5) is 31.6. The van der Waals surface area contributed by atoms with Crippen LogP contribution < -0.4 is 16.4 Å². The van der Waals surface area contributed by atoms with Gasteiger partial charge in [-0.2, -0.15) is 0 Å². The zero-order valence-electron chi connectivity index (χ0n) is 15.3. The van der Waals surface area contributed by atoms with Crippen LogP contribution in [0.25, 0.3) is 11.3 Å². The molecule has 2 aromatic rings. The Morgan fingerprint density at radius 3 is 3.00 bits per heavy atom. The summed E-state index contributed by atoms with van der Waals surface area (Å²) in [5, 5.41) is 5.52. The predicted octanol–water partition coefficient (Wildman–Crippen LogP) is 3.18. The molecule has 2 bridgehead atoms. The number of rotatable bonds is 1. The van der Waals surface area contributed by atoms with E-state index < -0.39 is 6.09 Å². The Labute approximate surface area is 157 Å². The van der Waals surface area contributed by atoms with Gasteiger partial charge in [-0.15, -0.1) is 0 Å². The molecular weight excluding hydrogens is 346 g/mol. The van der Waals surface area contributed by atoms with Gasteiger partial charge in [-0.1, -0.05) is 19.1 Å². The lowest BCUT2D eigenvalue weighted by Crippen LogP contribution is -2.16. The van der Waals surface area contributed by atoms with E-state index in [1.54, 1.807) is 24.4 Å². The molecule has 0 aliphatic carbocycles. The Balaban J connectivity index is 2.02. The molecule has 0 spiro atoms. The van der Waals surface area contributed by atoms with Gasteiger partial charge in [-0.3, -0.25) is 10.1 Å². The molecule has 8 heteroatoms. The van der Waals surface area contributed by atoms with E-state index in [1.807, 2.05) is 19.1 Å². The van der Waals surface area contributed by atoms with Gasteiger partial charge >= 0.3 is 6.09 Å². The molecule has 1 aliphatic heterocycles. The second-order valence-electron chi connectivity index (χ2n) is 6.55. The van der Waals surface area contributed by atoms with Crippen molar-refractivity contribution >= 4 is 23.4 Å². The lowest BCUT2D eigenvalue weighted by atomic mass is 10.0. The predicted molar refractivity (Wildman–Crippen MR) is 103 cm³/mol. The van der Waals surface area contributed by atoms with Crippen LogP contribution in [0.5, 0.6) is 0 Å². The van der Waals surface area contributed by atoms with Crippen molar-refractivity contribution in [3.05, 3.63) is 42.4 Å². The molecule has 2 heterocycles. The highest BCUT2D eigenvalue weighted by Gasteiger charge is 2.17. The number of imidazole rings is 1. The van der Waals surface area contributed by atoms with Gasteiger partial charge in [0.25, 0.3) is 0 Å². The quantitative estimate of drug-likeness (QED) is 0.575. The number of anilines is 2. The largest absolute Gasteiger partial charge is 0.453 e. The van der Waals surface area contributed by atoms with Gasteiger partial charge in [0.15, 0.2) is 0 Å². The van der Waals surface area contributed by atoms with Crippen LogP contribution in [0.2, 0.25) is 0 Å². The summed E-state index contributed by atoms with van der Waals surface area (Å²) in [6.45, 7) is 1.97. The maximum Gasteiger partial charge on any atom is 0.411 e. The van der Waals surface area contributed by atoms with Gasteiger partial charge in [0.05, 0.1) is 24.5 Å². The average Bonchev–Trinajstić information content (AvgIpc) is 3.11. The third-order valence-electron chi connectivity index (χ3n) is 4.31. The van der Waals surface area contributed by atoms with Gasteiger partial charge in [-0.05, 0) is 30.5 Å². The number of nitrogens with two attached hydrogens (primary N) is 1. The zero-order valence-corrected chi connectivity index (χ0v) is 15.3. The summed E-state index contributed by atoms with van der Waals surface area (Å²) in [5.41, 5.74) is 8.65. The normalized spacial score (nSPS) is 20.9. The maximum atomic E-state index is 12.5. The number of H-pyrrole nitrogens is 1. The van der Waals surface area contributed by atoms with Crippen LogP contribution in [-0.4, -0.2) is 29.1 Å². The Morgan fingerprint density at radius 1 is 1.41 bits per heavy atom. The number of hydrogen-bond acceptors (Lipinski definition) is 5. The summed E-state index contributed by atoms with van der Waals surface area (Å²) < 4.78 is 4.62. The molecule has 1 aromatic heterocycles. The topological polar surface area (TPSA) is 122 Å². The Morgan fingerprint density at radius 2 is 2.22 bits per heavy atom. The van der Waals surface area contributed by atoms with E-state index in [0.717, 1.165) is 5.56 Å². The summed E-state index contributed by atoms with van der Waals surface area (Å²) in [6.07, 6.45) is 6.10. The Kier molecular flexibility index (Phi) is 5.56. The first-order chi connectivity index (χ1) is 13.0. The number of aromatic nitrogens is 2. The second-order valence-corrected chi connectivity index (χ2v) is 6.55. The molecule has 1 aliphatic rings. The number of fused-ring (bicyclic) bond motifs is 4. The van der Waals surface area contributed by atoms with Crippen LogP contribution in [0.4, 0.5) is 16.2 Å². The molecule has 1 aromatic carbocycles. The summed E-state index contributed by atoms with van der Waals surface area (Å²) in [5.74, 6) is 0.627. The number of hydrogen-bond donors (Lipinski definition) is 4. The summed E-state index contributed by atoms with van der Waals surface area (Å²) in [7, 11) is 1.29. The zero-order chi connectivity index (χ0) is 19.4. The van der Waals surface area contributed by atoms with Crippen LogP contribution in [0.3, 0.4) is 0 Å². The molecule has 0 unspecified atom stereocenters. The minimum Gasteiger partial charge on any atom is -0.453 e. The van der Waals surface area contributed by atoms with Gasteiger partial charge in [0.2, 0.25) is 5.91 Å². The van der Waals surface area contributed by atoms with E-state index in [4.69, 9.17) is 5.73 Å². The molecule has 2 amide bonds. The minimum atomic E-state index is -0.585. The van der Waals surface area contributed by atoms with Crippen molar-refractivity contribution in [1.29, 1.82) is 0 Å². The molecule has 5 N–H and O–H groups in total. The van der Waals surface area contributed by atoms with Gasteiger partial charge in [0, 0.05) is 23.9 Å². The number of aromatic amines is 1. The van der Waals surface area contributed by atoms with Crippen molar-refractivity contribution in [3.8, 4) is 11.3 Å². The number of nitrogens with one attached hydrogen (secondary N) is 3. The van der Waals surface area contributed by atoms with Crippen LogP contribution in [0, 0.1) is 5.92 Å². The SMILES string of the molecule is COC(=O)Nc1ccc2c(c1)NC(=O)C[C@@H](C)/C=C/C[C@H](N)c1nc-2c[nH]1. The van der Waals surface area contributed by atoms with Crippen LogP contribution in [-0.2, 0) is 9.53 Å². The molecule has 3 rings (SSSR count). The van der Waals surface area contributed by atoms with Crippen LogP contribution in [0.1, 0.15) is 31.6 Å². The van der Waals surface area contributed by atoms with E-state index >= 15 is 0 Å². The molecule has 0 fully saturated rings. The van der Waals surface area contributed by atoms with Crippen molar-refractivity contribution in [2.75, 3.05) is 17.7 Å². The highest BCUT2D eigenvalue weighted by atomic mass is 16.5. The Bertz CT molecular complexity index is 874. The third kappa shape index (κ3) is 4.53. The number of benzene rings is 1. The number of nitrogens with zero attached hydrogens (tertiary/aromatic N) is 1. The fourth-order valence-electron chi connectivity index (χ4n) is 2.91. The summed E-state index contributed by atoms with van der Waals surface area (Å²) >= 11 is 0. The van der Waals surface area contributed by atoms with Crippen LogP contribution >= 0.6 is 0 Å². The second kappa shape index (κ2) is 8.05. The molecule has 0 saturated carbocycles. The molecule has 8 nitrogen and oxygen atoms in total. The number of carbonyl (C=O) groups excluding carboxylic acids is 2. The number of methoxy groups -OCH3 is 1. The van der Waals surface area contributed by atoms with Crippen molar-refractivity contribution in [2.45, 2.75) is 25.8 Å². The number of allylic oxidation sites excluding steroid dienone is 1. The maximum absolute atomic E-state index is 12.5. The average molecular weight is 369 g/mol. The highest BCUT2D eigenvalue weighted by Crippen LogP contribution is 2.31. The molecule has 27 heavy (non-hydrogen) atoms. The Hall–Kier alpha value is -3.13. The summed E-state index contributed by atoms with van der Waals surface area (Å²) in [6, 6.07) is 4.93. The molecule has 0 radical (unpaired) electrons. The standard InChI is InChI=1S/C19H23N5O3/c1-11-4-3-5-14(20)18-21-10-16(24-18)13-7-6-12(22-19(26)27-2)9-15(13)23-17(25)8-11/h3-4,6-7,9-11,14H,5,8,20H2,1-2H3,(H,21,24)(H,22,26)(H,23,25)/b4-3+/t11-,14-/m0/s1. The van der Waals surface area contributed by atoms with E-state index in [9.17, 15) is 9.59 Å². The van der Waals surface area contributed by atoms with E-state index in [2.05, 4.69) is 25.3 Å². The third-order valence-corrected chi connectivity index (χ3v) is 4.31. The first-order valence-corrected chi connectivity index (χ1v) is 8.73. The van der Waals surface area contributed by atoms with E-state index in [-0.39, 0.29) is 17.9 Å². The van der Waals surface area contributed by atoms with Crippen LogP contribution in [0.15, 0.2) is 36.5 Å². The fraction of sp³-hybridized carbons (Fsp3) is 0.316. The highest BCUT2D eigenvalue weighted by molar-refractivity contribution is 5.97.